The third-order valence-electron chi connectivity index (χ3n) is 6.82. The maximum Gasteiger partial charge on any atom is 0.303 e. The number of aliphatic carboxylic acids is 1. The molecule has 240 valence electrons. The van der Waals surface area contributed by atoms with Gasteiger partial charge in [0.15, 0.2) is 0 Å². The highest BCUT2D eigenvalue weighted by Crippen LogP contribution is 2.37. The van der Waals surface area contributed by atoms with Crippen molar-refractivity contribution in [2.45, 2.75) is 70.7 Å². The van der Waals surface area contributed by atoms with Gasteiger partial charge in [-0.2, -0.15) is 0 Å². The van der Waals surface area contributed by atoms with Gasteiger partial charge in [0.1, 0.15) is 17.5 Å². The normalized spacial score (nSPS) is 15.1. The monoisotopic (exact) mass is 657 g/mol. The second-order valence-corrected chi connectivity index (χ2v) is 12.3. The van der Waals surface area contributed by atoms with E-state index in [4.69, 9.17) is 48.5 Å². The van der Waals surface area contributed by atoms with Crippen LogP contribution in [0.2, 0.25) is 10.0 Å². The number of benzene rings is 2. The first-order chi connectivity index (χ1) is 21.1. The molecule has 1 atom stereocenters. The van der Waals surface area contributed by atoms with Crippen molar-refractivity contribution in [1.82, 2.24) is 9.97 Å². The van der Waals surface area contributed by atoms with Gasteiger partial charge in [-0.15, -0.1) is 0 Å². The van der Waals surface area contributed by atoms with E-state index in [-0.39, 0.29) is 18.9 Å². The van der Waals surface area contributed by atoms with E-state index in [2.05, 4.69) is 11.1 Å². The number of nitrogens with zero attached hydrogens (tertiary/aromatic N) is 2. The molecule has 12 heteroatoms. The van der Waals surface area contributed by atoms with Gasteiger partial charge >= 0.3 is 5.97 Å². The molecule has 1 aliphatic heterocycles. The van der Waals surface area contributed by atoms with E-state index in [0.29, 0.717) is 47.2 Å². The third-order valence-corrected chi connectivity index (χ3v) is 7.29. The molecule has 0 spiro atoms. The lowest BCUT2D eigenvalue weighted by atomic mass is 9.89. The zero-order valence-corrected chi connectivity index (χ0v) is 27.1. The first-order valence-electron chi connectivity index (χ1n) is 14.2. The second kappa shape index (κ2) is 15.4. The van der Waals surface area contributed by atoms with Crippen molar-refractivity contribution < 1.29 is 34.1 Å². The van der Waals surface area contributed by atoms with Crippen LogP contribution < -0.4 is 5.73 Å². The number of ether oxygens (including phenoxy) is 2. The van der Waals surface area contributed by atoms with Crippen molar-refractivity contribution in [2.75, 3.05) is 12.3 Å². The number of hydrogen-bond acceptors (Lipinski definition) is 9. The van der Waals surface area contributed by atoms with Crippen molar-refractivity contribution in [3.8, 4) is 0 Å². The Morgan fingerprint density at radius 1 is 1.07 bits per heavy atom. The predicted octanol–water partition coefficient (Wildman–Crippen LogP) is 6.38. The topological polar surface area (TPSA) is 162 Å². The maximum atomic E-state index is 10.3. The Kier molecular flexibility index (Phi) is 12.2. The summed E-state index contributed by atoms with van der Waals surface area (Å²) in [5.41, 5.74) is 9.14. The summed E-state index contributed by atoms with van der Waals surface area (Å²) in [6.07, 6.45) is 2.11. The van der Waals surface area contributed by atoms with Gasteiger partial charge in [0.05, 0.1) is 47.2 Å². The Bertz CT molecular complexity index is 1670. The third kappa shape index (κ3) is 10.1. The lowest BCUT2D eigenvalue weighted by molar-refractivity contribution is -0.137. The number of carboxylic acid groups (broad SMARTS) is 1. The van der Waals surface area contributed by atoms with Gasteiger partial charge in [-0.1, -0.05) is 23.2 Å². The predicted molar refractivity (Wildman–Crippen MR) is 174 cm³/mol. The number of nitrogens with two attached hydrogens (primary N) is 1. The van der Waals surface area contributed by atoms with Crippen LogP contribution in [0, 0.1) is 0 Å². The van der Waals surface area contributed by atoms with E-state index in [1.807, 2.05) is 38.1 Å². The molecule has 0 amide bonds. The summed E-state index contributed by atoms with van der Waals surface area (Å²) < 4.78 is 10.9. The number of rotatable bonds is 8. The summed E-state index contributed by atoms with van der Waals surface area (Å²) >= 11 is 12.0. The zero-order valence-electron chi connectivity index (χ0n) is 25.5. The van der Waals surface area contributed by atoms with Crippen molar-refractivity contribution in [2.24, 2.45) is 0 Å². The van der Waals surface area contributed by atoms with Gasteiger partial charge in [0.25, 0.3) is 6.47 Å². The van der Waals surface area contributed by atoms with E-state index in [9.17, 15) is 19.5 Å². The molecule has 4 N–H and O–H groups in total. The Labute approximate surface area is 271 Å². The SMILES string of the molecule is CC(C)(O)c1nc2ccc(Cl)cc2cc1N.CC1(C)OC(CCOC=O)Cc2cc3cc(Cl)ccc3nc21.O=CCCC(=O)O. The maximum absolute atomic E-state index is 10.3. The Balaban J connectivity index is 0.000000210. The number of halogens is 2. The minimum atomic E-state index is -1.04. The van der Waals surface area contributed by atoms with E-state index >= 15 is 0 Å². The van der Waals surface area contributed by atoms with Gasteiger partial charge in [0.2, 0.25) is 0 Å². The number of nitrogen functional groups attached to an aromatic ring is 1. The molecule has 0 fully saturated rings. The van der Waals surface area contributed by atoms with E-state index in [1.165, 1.54) is 5.56 Å². The van der Waals surface area contributed by atoms with Gasteiger partial charge in [-0.25, -0.2) is 9.97 Å². The first kappa shape index (κ1) is 35.6. The Morgan fingerprint density at radius 2 is 1.67 bits per heavy atom. The number of aromatic nitrogens is 2. The minimum absolute atomic E-state index is 0.0147. The lowest BCUT2D eigenvalue weighted by Gasteiger charge is -2.37. The summed E-state index contributed by atoms with van der Waals surface area (Å²) in [7, 11) is 0. The molecule has 2 aromatic carbocycles. The molecule has 45 heavy (non-hydrogen) atoms. The first-order valence-corrected chi connectivity index (χ1v) is 15.0. The van der Waals surface area contributed by atoms with Crippen LogP contribution in [0.4, 0.5) is 5.69 Å². The van der Waals surface area contributed by atoms with Crippen LogP contribution in [0.25, 0.3) is 21.8 Å². The van der Waals surface area contributed by atoms with Crippen molar-refractivity contribution in [1.29, 1.82) is 0 Å². The second-order valence-electron chi connectivity index (χ2n) is 11.5. The number of anilines is 1. The molecule has 0 saturated heterocycles. The van der Waals surface area contributed by atoms with E-state index in [1.54, 1.807) is 32.0 Å². The summed E-state index contributed by atoms with van der Waals surface area (Å²) in [5.74, 6) is -0.924. The average Bonchev–Trinajstić information content (AvgIpc) is 2.94. The fourth-order valence-electron chi connectivity index (χ4n) is 4.87. The molecule has 1 unspecified atom stereocenters. The fraction of sp³-hybridized carbons (Fsp3) is 0.364. The molecular weight excluding hydrogens is 621 g/mol. The fourth-order valence-corrected chi connectivity index (χ4v) is 5.23. The molecule has 2 aromatic heterocycles. The molecule has 0 bridgehead atoms. The summed E-state index contributed by atoms with van der Waals surface area (Å²) in [5, 5.41) is 21.1. The summed E-state index contributed by atoms with van der Waals surface area (Å²) in [4.78, 5) is 38.4. The van der Waals surface area contributed by atoms with Crippen LogP contribution >= 0.6 is 23.2 Å². The van der Waals surface area contributed by atoms with Crippen molar-refractivity contribution in [3.63, 3.8) is 0 Å². The molecule has 0 radical (unpaired) electrons. The van der Waals surface area contributed by atoms with Crippen molar-refractivity contribution >= 4 is 69.4 Å². The van der Waals surface area contributed by atoms with Crippen LogP contribution in [0.3, 0.4) is 0 Å². The highest BCUT2D eigenvalue weighted by molar-refractivity contribution is 6.31. The number of pyridine rings is 2. The Morgan fingerprint density at radius 3 is 2.20 bits per heavy atom. The summed E-state index contributed by atoms with van der Waals surface area (Å²) in [6, 6.07) is 15.0. The zero-order chi connectivity index (χ0) is 33.4. The largest absolute Gasteiger partial charge is 0.481 e. The number of carbonyl (C=O) groups is 3. The van der Waals surface area contributed by atoms with Gasteiger partial charge < -0.3 is 30.2 Å². The molecule has 3 heterocycles. The number of aliphatic hydroxyl groups is 1. The average molecular weight is 659 g/mol. The molecule has 5 rings (SSSR count). The number of carbonyl (C=O) groups excluding carboxylic acids is 2. The van der Waals surface area contributed by atoms with Crippen molar-refractivity contribution in [3.05, 3.63) is 75.5 Å². The van der Waals surface area contributed by atoms with Gasteiger partial charge in [0, 0.05) is 40.1 Å². The minimum Gasteiger partial charge on any atom is -0.481 e. The number of hydrogen-bond donors (Lipinski definition) is 3. The van der Waals surface area contributed by atoms with Crippen LogP contribution in [-0.2, 0) is 41.5 Å². The smallest absolute Gasteiger partial charge is 0.303 e. The number of aldehydes is 1. The lowest BCUT2D eigenvalue weighted by Crippen LogP contribution is -2.37. The van der Waals surface area contributed by atoms with E-state index in [0.717, 1.165) is 33.9 Å². The number of fused-ring (bicyclic) bond motifs is 3. The summed E-state index contributed by atoms with van der Waals surface area (Å²) in [6.45, 7) is 8.20. The molecule has 10 nitrogen and oxygen atoms in total. The molecule has 4 aromatic rings. The molecule has 0 aliphatic carbocycles. The Hall–Kier alpha value is -3.83. The van der Waals surface area contributed by atoms with Crippen LogP contribution in [0.5, 0.6) is 0 Å². The highest BCUT2D eigenvalue weighted by atomic mass is 35.5. The quantitative estimate of drug-likeness (QED) is 0.143. The standard InChI is InChI=1S/C17H18ClNO3.C12H13ClN2O.C4H6O3/c1-17(2)16-12(9-14(22-17)5-6-21-10-20)7-11-8-13(18)3-4-15(11)19-16;1-12(2,16)11-9(14)6-7-5-8(13)3-4-10(7)15-11;5-3-1-2-4(6)7/h3-4,7-8,10,14H,5-6,9H2,1-2H3;3-6,16H,14H2,1-2H3;3H,1-2H2,(H,6,7). The molecular formula is C33H37Cl2N3O7. The van der Waals surface area contributed by atoms with Crippen LogP contribution in [-0.4, -0.2) is 51.6 Å². The highest BCUT2D eigenvalue weighted by Gasteiger charge is 2.35. The van der Waals surface area contributed by atoms with Crippen LogP contribution in [0.1, 0.15) is 63.9 Å². The van der Waals surface area contributed by atoms with Gasteiger partial charge in [-0.3, -0.25) is 9.59 Å². The molecule has 0 saturated carbocycles. The van der Waals surface area contributed by atoms with Gasteiger partial charge in [-0.05, 0) is 81.8 Å². The number of carboxylic acids is 1. The molecule has 1 aliphatic rings. The van der Waals surface area contributed by atoms with Crippen LogP contribution in [0.15, 0.2) is 48.5 Å². The van der Waals surface area contributed by atoms with E-state index < -0.39 is 17.2 Å².